The fourth-order valence-corrected chi connectivity index (χ4v) is 2.34. The van der Waals surface area contributed by atoms with E-state index in [4.69, 9.17) is 10.5 Å². The van der Waals surface area contributed by atoms with Crippen molar-refractivity contribution < 1.29 is 22.6 Å². The van der Waals surface area contributed by atoms with Crippen LogP contribution < -0.4 is 10.5 Å². The van der Waals surface area contributed by atoms with Gasteiger partial charge in [0.25, 0.3) is 0 Å². The van der Waals surface area contributed by atoms with Gasteiger partial charge in [0.2, 0.25) is 0 Å². The van der Waals surface area contributed by atoms with E-state index < -0.39 is 6.36 Å². The molecule has 0 bridgehead atoms. The van der Waals surface area contributed by atoms with E-state index in [0.717, 1.165) is 12.8 Å². The van der Waals surface area contributed by atoms with Crippen LogP contribution in [0, 0.1) is 5.92 Å². The molecule has 0 spiro atoms. The summed E-state index contributed by atoms with van der Waals surface area (Å²) in [6, 6.07) is 5.91. The van der Waals surface area contributed by atoms with Crippen molar-refractivity contribution in [1.29, 1.82) is 0 Å². The first-order chi connectivity index (χ1) is 8.99. The van der Waals surface area contributed by atoms with Gasteiger partial charge < -0.3 is 15.2 Å². The van der Waals surface area contributed by atoms with Crippen molar-refractivity contribution in [3.63, 3.8) is 0 Å². The third-order valence-electron chi connectivity index (χ3n) is 3.17. The van der Waals surface area contributed by atoms with E-state index in [1.807, 2.05) is 0 Å². The molecule has 1 fully saturated rings. The molecule has 2 rings (SSSR count). The van der Waals surface area contributed by atoms with Crippen molar-refractivity contribution in [2.24, 2.45) is 11.7 Å². The van der Waals surface area contributed by atoms with Gasteiger partial charge >= 0.3 is 6.36 Å². The lowest BCUT2D eigenvalue weighted by Crippen LogP contribution is -2.28. The summed E-state index contributed by atoms with van der Waals surface area (Å²) >= 11 is 0. The maximum Gasteiger partial charge on any atom is 0.573 e. The average Bonchev–Trinajstić information content (AvgIpc) is 2.37. The third-order valence-corrected chi connectivity index (χ3v) is 3.17. The molecule has 1 aliphatic heterocycles. The first-order valence-corrected chi connectivity index (χ1v) is 6.17. The van der Waals surface area contributed by atoms with E-state index in [2.05, 4.69) is 4.74 Å². The lowest BCUT2D eigenvalue weighted by atomic mass is 9.89. The summed E-state index contributed by atoms with van der Waals surface area (Å²) in [5.74, 6) is -0.0927. The minimum Gasteiger partial charge on any atom is -0.406 e. The fraction of sp³-hybridized carbons (Fsp3) is 0.538. The highest BCUT2D eigenvalue weighted by molar-refractivity contribution is 5.30. The van der Waals surface area contributed by atoms with Gasteiger partial charge in [-0.2, -0.15) is 0 Å². The Morgan fingerprint density at radius 2 is 2.16 bits per heavy atom. The molecular weight excluding hydrogens is 259 g/mol. The van der Waals surface area contributed by atoms with E-state index in [1.54, 1.807) is 6.07 Å². The van der Waals surface area contributed by atoms with Gasteiger partial charge in [0.15, 0.2) is 0 Å². The summed E-state index contributed by atoms with van der Waals surface area (Å²) in [5.41, 5.74) is 6.36. The Balaban J connectivity index is 2.17. The van der Waals surface area contributed by atoms with Crippen LogP contribution in [0.1, 0.15) is 24.5 Å². The lowest BCUT2D eigenvalue weighted by Gasteiger charge is -2.31. The third kappa shape index (κ3) is 3.84. The molecule has 106 valence electrons. The van der Waals surface area contributed by atoms with Crippen molar-refractivity contribution in [2.45, 2.75) is 25.3 Å². The molecule has 0 radical (unpaired) electrons. The van der Waals surface area contributed by atoms with Crippen LogP contribution in [-0.4, -0.2) is 19.5 Å². The quantitative estimate of drug-likeness (QED) is 0.922. The van der Waals surface area contributed by atoms with Crippen molar-refractivity contribution in [3.05, 3.63) is 29.8 Å². The number of hydrogen-bond acceptors (Lipinski definition) is 3. The Labute approximate surface area is 109 Å². The maximum absolute atomic E-state index is 12.2. The molecule has 6 heteroatoms. The molecular formula is C13H16F3NO2. The molecule has 0 aliphatic carbocycles. The highest BCUT2D eigenvalue weighted by Crippen LogP contribution is 2.35. The minimum atomic E-state index is -4.68. The summed E-state index contributed by atoms with van der Waals surface area (Å²) in [6.45, 7) is 1.06. The topological polar surface area (TPSA) is 44.5 Å². The zero-order chi connectivity index (χ0) is 13.9. The number of alkyl halides is 3. The average molecular weight is 275 g/mol. The molecule has 0 aromatic heterocycles. The Morgan fingerprint density at radius 3 is 2.84 bits per heavy atom. The van der Waals surface area contributed by atoms with Crippen molar-refractivity contribution in [2.75, 3.05) is 13.2 Å². The van der Waals surface area contributed by atoms with Crippen molar-refractivity contribution in [3.8, 4) is 5.75 Å². The second-order valence-electron chi connectivity index (χ2n) is 4.55. The monoisotopic (exact) mass is 275 g/mol. The molecule has 1 aliphatic rings. The number of ether oxygens (including phenoxy) is 2. The van der Waals surface area contributed by atoms with Crippen molar-refractivity contribution in [1.82, 2.24) is 0 Å². The van der Waals surface area contributed by atoms with Crippen LogP contribution in [0.3, 0.4) is 0 Å². The van der Waals surface area contributed by atoms with E-state index in [1.165, 1.54) is 18.2 Å². The molecule has 2 atom stereocenters. The second-order valence-corrected chi connectivity index (χ2v) is 4.55. The zero-order valence-corrected chi connectivity index (χ0v) is 10.3. The number of hydrogen-bond donors (Lipinski definition) is 1. The number of benzene rings is 1. The second kappa shape index (κ2) is 5.79. The molecule has 1 heterocycles. The Kier molecular flexibility index (Phi) is 4.31. The number of halogens is 3. The van der Waals surface area contributed by atoms with Crippen LogP contribution >= 0.6 is 0 Å². The summed E-state index contributed by atoms with van der Waals surface area (Å²) in [7, 11) is 0. The van der Waals surface area contributed by atoms with E-state index in [9.17, 15) is 13.2 Å². The minimum absolute atomic E-state index is 0.134. The Bertz CT molecular complexity index is 423. The highest BCUT2D eigenvalue weighted by atomic mass is 19.4. The largest absolute Gasteiger partial charge is 0.573 e. The first kappa shape index (κ1) is 14.1. The van der Waals surface area contributed by atoms with Crippen LogP contribution in [0.2, 0.25) is 0 Å². The maximum atomic E-state index is 12.2. The normalized spacial score (nSPS) is 24.2. The molecule has 2 unspecified atom stereocenters. The number of nitrogens with two attached hydrogens (primary N) is 1. The molecule has 1 saturated heterocycles. The summed E-state index contributed by atoms with van der Waals surface area (Å²) in [6.07, 6.45) is -3.09. The standard InChI is InChI=1S/C13H16F3NO2/c14-13(15,16)19-11-5-1-3-9(7-11)12-10(8-17)4-2-6-18-12/h1,3,5,7,10,12H,2,4,6,8,17H2. The first-order valence-electron chi connectivity index (χ1n) is 6.17. The Morgan fingerprint density at radius 1 is 1.37 bits per heavy atom. The van der Waals surface area contributed by atoms with Gasteiger partial charge in [0.1, 0.15) is 5.75 Å². The molecule has 19 heavy (non-hydrogen) atoms. The van der Waals surface area contributed by atoms with Crippen LogP contribution in [0.4, 0.5) is 13.2 Å². The summed E-state index contributed by atoms with van der Waals surface area (Å²) < 4.78 is 46.1. The fourth-order valence-electron chi connectivity index (χ4n) is 2.34. The van der Waals surface area contributed by atoms with Crippen LogP contribution in [-0.2, 0) is 4.74 Å². The molecule has 3 nitrogen and oxygen atoms in total. The van der Waals surface area contributed by atoms with E-state index >= 15 is 0 Å². The van der Waals surface area contributed by atoms with Crippen LogP contribution in [0.25, 0.3) is 0 Å². The van der Waals surface area contributed by atoms with Gasteiger partial charge in [-0.1, -0.05) is 12.1 Å². The van der Waals surface area contributed by atoms with Gasteiger partial charge in [-0.15, -0.1) is 13.2 Å². The van der Waals surface area contributed by atoms with Gasteiger partial charge in [-0.3, -0.25) is 0 Å². The zero-order valence-electron chi connectivity index (χ0n) is 10.3. The van der Waals surface area contributed by atoms with E-state index in [0.29, 0.717) is 18.7 Å². The SMILES string of the molecule is NCC1CCCOC1c1cccc(OC(F)(F)F)c1. The molecule has 1 aromatic rings. The summed E-state index contributed by atoms with van der Waals surface area (Å²) in [5, 5.41) is 0. The Hall–Kier alpha value is -1.27. The predicted octanol–water partition coefficient (Wildman–Crippen LogP) is 3.01. The van der Waals surface area contributed by atoms with Gasteiger partial charge in [0, 0.05) is 12.5 Å². The predicted molar refractivity (Wildman–Crippen MR) is 63.6 cm³/mol. The highest BCUT2D eigenvalue weighted by Gasteiger charge is 2.32. The molecule has 0 amide bonds. The smallest absolute Gasteiger partial charge is 0.406 e. The lowest BCUT2D eigenvalue weighted by molar-refractivity contribution is -0.274. The molecule has 1 aromatic carbocycles. The molecule has 2 N–H and O–H groups in total. The van der Waals surface area contributed by atoms with Crippen LogP contribution in [0.15, 0.2) is 24.3 Å². The summed E-state index contributed by atoms with van der Waals surface area (Å²) in [4.78, 5) is 0. The van der Waals surface area contributed by atoms with Gasteiger partial charge in [-0.25, -0.2) is 0 Å². The number of rotatable bonds is 3. The van der Waals surface area contributed by atoms with Crippen LogP contribution in [0.5, 0.6) is 5.75 Å². The van der Waals surface area contributed by atoms with Gasteiger partial charge in [0.05, 0.1) is 6.10 Å². The molecule has 0 saturated carbocycles. The van der Waals surface area contributed by atoms with Crippen molar-refractivity contribution >= 4 is 0 Å². The van der Waals surface area contributed by atoms with E-state index in [-0.39, 0.29) is 17.8 Å². The van der Waals surface area contributed by atoms with Gasteiger partial charge in [-0.05, 0) is 37.1 Å².